The van der Waals surface area contributed by atoms with Gasteiger partial charge in [-0.05, 0) is 37.4 Å². The summed E-state index contributed by atoms with van der Waals surface area (Å²) in [6.07, 6.45) is 0. The molecule has 6 heteroatoms. The third-order valence-electron chi connectivity index (χ3n) is 3.09. The van der Waals surface area contributed by atoms with Crippen molar-refractivity contribution >= 4 is 23.2 Å². The summed E-state index contributed by atoms with van der Waals surface area (Å²) in [7, 11) is 0. The Bertz CT molecular complexity index is 654. The molecule has 0 saturated heterocycles. The van der Waals surface area contributed by atoms with Gasteiger partial charge in [-0.1, -0.05) is 18.2 Å². The van der Waals surface area contributed by atoms with E-state index in [0.29, 0.717) is 17.9 Å². The molecule has 0 aliphatic rings. The van der Waals surface area contributed by atoms with Crippen LogP contribution in [0.1, 0.15) is 35.1 Å². The minimum absolute atomic E-state index is 0.114. The van der Waals surface area contributed by atoms with E-state index in [0.717, 1.165) is 4.88 Å². The van der Waals surface area contributed by atoms with Gasteiger partial charge in [0.25, 0.3) is 5.91 Å². The SMILES string of the molecule is CCOc1ccccc1C(=O)OCC(=O)N[C@H](C)c1cccs1. The molecule has 1 aromatic carbocycles. The van der Waals surface area contributed by atoms with Crippen LogP contribution in [0.15, 0.2) is 41.8 Å². The van der Waals surface area contributed by atoms with E-state index in [1.807, 2.05) is 31.4 Å². The van der Waals surface area contributed by atoms with Gasteiger partial charge >= 0.3 is 5.97 Å². The zero-order valence-electron chi connectivity index (χ0n) is 13.1. The second-order valence-corrected chi connectivity index (χ2v) is 5.79. The summed E-state index contributed by atoms with van der Waals surface area (Å²) in [5.74, 6) is -0.464. The number of rotatable bonds is 7. The lowest BCUT2D eigenvalue weighted by Gasteiger charge is -2.13. The van der Waals surface area contributed by atoms with E-state index in [1.54, 1.807) is 35.6 Å². The van der Waals surface area contributed by atoms with Gasteiger partial charge in [-0.3, -0.25) is 4.79 Å². The molecule has 1 heterocycles. The Kier molecular flexibility index (Phi) is 6.17. The van der Waals surface area contributed by atoms with E-state index >= 15 is 0 Å². The minimum Gasteiger partial charge on any atom is -0.493 e. The first-order valence-corrected chi connectivity index (χ1v) is 8.21. The number of thiophene rings is 1. The van der Waals surface area contributed by atoms with Crippen LogP contribution in [0.5, 0.6) is 5.75 Å². The zero-order chi connectivity index (χ0) is 16.7. The van der Waals surface area contributed by atoms with E-state index < -0.39 is 5.97 Å². The fourth-order valence-electron chi connectivity index (χ4n) is 2.02. The van der Waals surface area contributed by atoms with Gasteiger partial charge in [-0.2, -0.15) is 0 Å². The molecule has 2 rings (SSSR count). The summed E-state index contributed by atoms with van der Waals surface area (Å²) < 4.78 is 10.4. The second-order valence-electron chi connectivity index (χ2n) is 4.81. The first kappa shape index (κ1) is 17.0. The highest BCUT2D eigenvalue weighted by Gasteiger charge is 2.16. The molecule has 0 aliphatic carbocycles. The quantitative estimate of drug-likeness (QED) is 0.791. The van der Waals surface area contributed by atoms with Crippen LogP contribution in [0.3, 0.4) is 0 Å². The lowest BCUT2D eigenvalue weighted by molar-refractivity contribution is -0.124. The fraction of sp³-hybridized carbons (Fsp3) is 0.294. The van der Waals surface area contributed by atoms with Crippen molar-refractivity contribution in [1.29, 1.82) is 0 Å². The standard InChI is InChI=1S/C17H19NO4S/c1-3-21-14-8-5-4-7-13(14)17(20)22-11-16(19)18-12(2)15-9-6-10-23-15/h4-10,12H,3,11H2,1-2H3,(H,18,19)/t12-/m1/s1. The summed E-state index contributed by atoms with van der Waals surface area (Å²) in [5, 5.41) is 4.74. The van der Waals surface area contributed by atoms with Crippen LogP contribution in [-0.4, -0.2) is 25.1 Å². The highest BCUT2D eigenvalue weighted by molar-refractivity contribution is 7.10. The Morgan fingerprint density at radius 3 is 2.70 bits per heavy atom. The minimum atomic E-state index is -0.576. The van der Waals surface area contributed by atoms with Gasteiger partial charge < -0.3 is 14.8 Å². The lowest BCUT2D eigenvalue weighted by Crippen LogP contribution is -2.30. The van der Waals surface area contributed by atoms with Crippen molar-refractivity contribution in [1.82, 2.24) is 5.32 Å². The Labute approximate surface area is 139 Å². The topological polar surface area (TPSA) is 64.6 Å². The normalized spacial score (nSPS) is 11.6. The van der Waals surface area contributed by atoms with E-state index in [1.165, 1.54) is 0 Å². The maximum atomic E-state index is 12.1. The molecule has 122 valence electrons. The molecule has 2 aromatic rings. The van der Waals surface area contributed by atoms with Crippen molar-refractivity contribution in [3.8, 4) is 5.75 Å². The van der Waals surface area contributed by atoms with Gasteiger partial charge in [-0.15, -0.1) is 11.3 Å². The summed E-state index contributed by atoms with van der Waals surface area (Å²) in [5.41, 5.74) is 0.313. The van der Waals surface area contributed by atoms with E-state index in [2.05, 4.69) is 5.32 Å². The number of carbonyl (C=O) groups is 2. The summed E-state index contributed by atoms with van der Waals surface area (Å²) >= 11 is 1.56. The monoisotopic (exact) mass is 333 g/mol. The molecule has 1 aromatic heterocycles. The van der Waals surface area contributed by atoms with E-state index in [4.69, 9.17) is 9.47 Å². The van der Waals surface area contributed by atoms with Crippen molar-refractivity contribution in [2.75, 3.05) is 13.2 Å². The van der Waals surface area contributed by atoms with Crippen LogP contribution in [0.4, 0.5) is 0 Å². The number of nitrogens with one attached hydrogen (secondary N) is 1. The van der Waals surface area contributed by atoms with Crippen LogP contribution < -0.4 is 10.1 Å². The highest BCUT2D eigenvalue weighted by Crippen LogP contribution is 2.19. The number of esters is 1. The molecule has 0 fully saturated rings. The van der Waals surface area contributed by atoms with Gasteiger partial charge in [-0.25, -0.2) is 4.79 Å². The third-order valence-corrected chi connectivity index (χ3v) is 4.14. The smallest absolute Gasteiger partial charge is 0.342 e. The molecule has 0 unspecified atom stereocenters. The van der Waals surface area contributed by atoms with E-state index in [9.17, 15) is 9.59 Å². The molecule has 0 saturated carbocycles. The molecule has 1 N–H and O–H groups in total. The van der Waals surface area contributed by atoms with E-state index in [-0.39, 0.29) is 18.6 Å². The molecule has 1 atom stereocenters. The van der Waals surface area contributed by atoms with Crippen LogP contribution in [0.25, 0.3) is 0 Å². The van der Waals surface area contributed by atoms with Crippen LogP contribution in [-0.2, 0) is 9.53 Å². The molecule has 1 amide bonds. The molecule has 23 heavy (non-hydrogen) atoms. The number of amides is 1. The van der Waals surface area contributed by atoms with Gasteiger partial charge in [0.1, 0.15) is 11.3 Å². The lowest BCUT2D eigenvalue weighted by atomic mass is 10.2. The van der Waals surface area contributed by atoms with Crippen molar-refractivity contribution in [3.05, 3.63) is 52.2 Å². The Balaban J connectivity index is 1.88. The van der Waals surface area contributed by atoms with Gasteiger partial charge in [0.2, 0.25) is 0 Å². The average Bonchev–Trinajstić information content (AvgIpc) is 3.08. The predicted molar refractivity (Wildman–Crippen MR) is 88.8 cm³/mol. The summed E-state index contributed by atoms with van der Waals surface area (Å²) in [4.78, 5) is 25.0. The fourth-order valence-corrected chi connectivity index (χ4v) is 2.75. The Morgan fingerprint density at radius 2 is 2.00 bits per heavy atom. The van der Waals surface area contributed by atoms with Crippen molar-refractivity contribution in [2.45, 2.75) is 19.9 Å². The Hall–Kier alpha value is -2.34. The van der Waals surface area contributed by atoms with Crippen LogP contribution in [0, 0.1) is 0 Å². The molecule has 0 aliphatic heterocycles. The molecular weight excluding hydrogens is 314 g/mol. The first-order chi connectivity index (χ1) is 11.1. The molecular formula is C17H19NO4S. The summed E-state index contributed by atoms with van der Waals surface area (Å²) in [6.45, 7) is 3.84. The number of hydrogen-bond acceptors (Lipinski definition) is 5. The van der Waals surface area contributed by atoms with Crippen molar-refractivity contribution in [3.63, 3.8) is 0 Å². The number of para-hydroxylation sites is 1. The molecule has 0 bridgehead atoms. The molecule has 5 nitrogen and oxygen atoms in total. The van der Waals surface area contributed by atoms with Gasteiger partial charge in [0.15, 0.2) is 6.61 Å². The van der Waals surface area contributed by atoms with Gasteiger partial charge in [0.05, 0.1) is 12.6 Å². The predicted octanol–water partition coefficient (Wildman–Crippen LogP) is 3.18. The molecule has 0 spiro atoms. The van der Waals surface area contributed by atoms with Gasteiger partial charge in [0, 0.05) is 4.88 Å². The Morgan fingerprint density at radius 1 is 1.22 bits per heavy atom. The average molecular weight is 333 g/mol. The maximum Gasteiger partial charge on any atom is 0.342 e. The van der Waals surface area contributed by atoms with Crippen LogP contribution in [0.2, 0.25) is 0 Å². The highest BCUT2D eigenvalue weighted by atomic mass is 32.1. The third kappa shape index (κ3) is 4.82. The largest absolute Gasteiger partial charge is 0.493 e. The number of benzene rings is 1. The first-order valence-electron chi connectivity index (χ1n) is 7.33. The number of ether oxygens (including phenoxy) is 2. The number of hydrogen-bond donors (Lipinski definition) is 1. The van der Waals surface area contributed by atoms with Crippen molar-refractivity contribution in [2.24, 2.45) is 0 Å². The maximum absolute atomic E-state index is 12.1. The zero-order valence-corrected chi connectivity index (χ0v) is 13.9. The number of carbonyl (C=O) groups excluding carboxylic acids is 2. The molecule has 0 radical (unpaired) electrons. The van der Waals surface area contributed by atoms with Crippen LogP contribution >= 0.6 is 11.3 Å². The summed E-state index contributed by atoms with van der Waals surface area (Å²) in [6, 6.07) is 10.6. The second kappa shape index (κ2) is 8.33. The van der Waals surface area contributed by atoms with Crippen molar-refractivity contribution < 1.29 is 19.1 Å².